The van der Waals surface area contributed by atoms with Gasteiger partial charge in [0.1, 0.15) is 5.82 Å². The van der Waals surface area contributed by atoms with Crippen molar-refractivity contribution in [2.45, 2.75) is 25.8 Å². The van der Waals surface area contributed by atoms with Crippen molar-refractivity contribution in [3.63, 3.8) is 0 Å². The first-order valence-corrected chi connectivity index (χ1v) is 9.35. The van der Waals surface area contributed by atoms with Crippen LogP contribution in [0.3, 0.4) is 0 Å². The van der Waals surface area contributed by atoms with Crippen molar-refractivity contribution in [3.05, 3.63) is 47.5 Å². The molecule has 1 atom stereocenters. The average molecular weight is 351 g/mol. The van der Waals surface area contributed by atoms with E-state index < -0.39 is 21.3 Å². The fourth-order valence-corrected chi connectivity index (χ4v) is 4.95. The number of aromatic nitrogens is 2. The summed E-state index contributed by atoms with van der Waals surface area (Å²) in [4.78, 5) is 12.5. The van der Waals surface area contributed by atoms with Crippen molar-refractivity contribution in [2.75, 3.05) is 11.5 Å². The zero-order valence-electron chi connectivity index (χ0n) is 13.4. The van der Waals surface area contributed by atoms with Crippen molar-refractivity contribution < 1.29 is 17.6 Å². The van der Waals surface area contributed by atoms with Gasteiger partial charge in [-0.1, -0.05) is 0 Å². The molecule has 0 bridgehead atoms. The summed E-state index contributed by atoms with van der Waals surface area (Å²) < 4.78 is 37.8. The highest BCUT2D eigenvalue weighted by atomic mass is 32.2. The molecule has 3 rings (SSSR count). The fraction of sp³-hybridized carbons (Fsp3) is 0.375. The number of sulfone groups is 1. The van der Waals surface area contributed by atoms with E-state index in [9.17, 15) is 17.6 Å². The zero-order valence-corrected chi connectivity index (χ0v) is 14.2. The molecule has 1 fully saturated rings. The highest BCUT2D eigenvalue weighted by molar-refractivity contribution is 7.91. The van der Waals surface area contributed by atoms with Crippen LogP contribution < -0.4 is 5.32 Å². The van der Waals surface area contributed by atoms with Crippen LogP contribution in [-0.2, 0) is 9.84 Å². The lowest BCUT2D eigenvalue weighted by atomic mass is 10.0. The van der Waals surface area contributed by atoms with Crippen LogP contribution in [0.2, 0.25) is 0 Å². The Kier molecular flexibility index (Phi) is 3.95. The van der Waals surface area contributed by atoms with Gasteiger partial charge in [-0.25, -0.2) is 17.5 Å². The predicted molar refractivity (Wildman–Crippen MR) is 87.4 cm³/mol. The molecule has 1 aromatic carbocycles. The fourth-order valence-electron chi connectivity index (χ4n) is 2.85. The third kappa shape index (κ3) is 3.33. The van der Waals surface area contributed by atoms with Crippen molar-refractivity contribution in [3.8, 4) is 5.69 Å². The van der Waals surface area contributed by atoms with Gasteiger partial charge in [-0.3, -0.25) is 4.79 Å². The highest BCUT2D eigenvalue weighted by Crippen LogP contribution is 2.23. The zero-order chi connectivity index (χ0) is 17.5. The van der Waals surface area contributed by atoms with Crippen LogP contribution in [0, 0.1) is 12.7 Å². The van der Waals surface area contributed by atoms with E-state index in [1.54, 1.807) is 32.2 Å². The molecule has 1 aliphatic rings. The van der Waals surface area contributed by atoms with Gasteiger partial charge in [-0.05, 0) is 44.5 Å². The minimum absolute atomic E-state index is 0.0660. The summed E-state index contributed by atoms with van der Waals surface area (Å²) in [5.41, 5.74) is 0.737. The van der Waals surface area contributed by atoms with Crippen molar-refractivity contribution in [1.82, 2.24) is 15.1 Å². The normalized spacial score (nSPS) is 22.5. The Morgan fingerprint density at radius 2 is 2.00 bits per heavy atom. The lowest BCUT2D eigenvalue weighted by molar-refractivity contribution is 0.0909. The molecule has 1 amide bonds. The first-order valence-electron chi connectivity index (χ1n) is 7.53. The third-order valence-electron chi connectivity index (χ3n) is 4.12. The van der Waals surface area contributed by atoms with E-state index in [2.05, 4.69) is 10.4 Å². The molecular formula is C16H18FN3O3S. The van der Waals surface area contributed by atoms with Crippen LogP contribution in [0.5, 0.6) is 0 Å². The summed E-state index contributed by atoms with van der Waals surface area (Å²) in [5, 5.41) is 7.04. The molecule has 1 aromatic heterocycles. The average Bonchev–Trinajstić information content (AvgIpc) is 3.00. The number of rotatable bonds is 3. The Morgan fingerprint density at radius 3 is 2.58 bits per heavy atom. The largest absolute Gasteiger partial charge is 0.344 e. The van der Waals surface area contributed by atoms with Crippen LogP contribution in [0.1, 0.15) is 29.4 Å². The number of carbonyl (C=O) groups is 1. The van der Waals surface area contributed by atoms with E-state index in [1.807, 2.05) is 0 Å². The van der Waals surface area contributed by atoms with Gasteiger partial charge >= 0.3 is 0 Å². The molecule has 2 heterocycles. The molecule has 0 saturated carbocycles. The Bertz CT molecular complexity index is 890. The minimum atomic E-state index is -3.11. The maximum absolute atomic E-state index is 13.0. The number of nitrogens with zero attached hydrogens (tertiary/aromatic N) is 2. The first-order chi connectivity index (χ1) is 11.2. The maximum atomic E-state index is 13.0. The van der Waals surface area contributed by atoms with Gasteiger partial charge in [0.15, 0.2) is 15.5 Å². The van der Waals surface area contributed by atoms with Crippen molar-refractivity contribution in [1.29, 1.82) is 0 Å². The second-order valence-electron chi connectivity index (χ2n) is 6.44. The Morgan fingerprint density at radius 1 is 1.33 bits per heavy atom. The molecule has 0 spiro atoms. The monoisotopic (exact) mass is 351 g/mol. The summed E-state index contributed by atoms with van der Waals surface area (Å²) >= 11 is 0. The molecule has 0 aliphatic carbocycles. The van der Waals surface area contributed by atoms with Crippen molar-refractivity contribution >= 4 is 15.7 Å². The minimum Gasteiger partial charge on any atom is -0.344 e. The summed E-state index contributed by atoms with van der Waals surface area (Å²) in [6, 6.07) is 5.76. The van der Waals surface area contributed by atoms with Gasteiger partial charge in [0, 0.05) is 11.8 Å². The molecule has 24 heavy (non-hydrogen) atoms. The van der Waals surface area contributed by atoms with Crippen LogP contribution in [0.4, 0.5) is 4.39 Å². The van der Waals surface area contributed by atoms with E-state index in [1.165, 1.54) is 16.8 Å². The molecule has 128 valence electrons. The van der Waals surface area contributed by atoms with E-state index in [-0.39, 0.29) is 23.0 Å². The number of hydrogen-bond donors (Lipinski definition) is 1. The summed E-state index contributed by atoms with van der Waals surface area (Å²) in [6.07, 6.45) is 2.06. The van der Waals surface area contributed by atoms with E-state index in [0.717, 1.165) is 0 Å². The molecule has 2 aromatic rings. The number of aryl methyl sites for hydroxylation is 1. The van der Waals surface area contributed by atoms with Crippen LogP contribution in [0.25, 0.3) is 5.69 Å². The van der Waals surface area contributed by atoms with E-state index >= 15 is 0 Å². The van der Waals surface area contributed by atoms with Crippen LogP contribution in [-0.4, -0.2) is 41.2 Å². The third-order valence-corrected chi connectivity index (χ3v) is 6.03. The SMILES string of the molecule is Cc1cn(-c2ccc(F)cc2)nc1C(=O)NC1(C)CCS(=O)(=O)C1. The second kappa shape index (κ2) is 5.70. The number of halogens is 1. The lowest BCUT2D eigenvalue weighted by Gasteiger charge is -2.23. The molecule has 6 nitrogen and oxygen atoms in total. The topological polar surface area (TPSA) is 81.1 Å². The van der Waals surface area contributed by atoms with Gasteiger partial charge in [-0.15, -0.1) is 0 Å². The summed E-state index contributed by atoms with van der Waals surface area (Å²) in [7, 11) is -3.11. The Balaban J connectivity index is 1.82. The van der Waals surface area contributed by atoms with Crippen LogP contribution >= 0.6 is 0 Å². The summed E-state index contributed by atoms with van der Waals surface area (Å²) in [5.74, 6) is -0.750. The van der Waals surface area contributed by atoms with Gasteiger partial charge < -0.3 is 5.32 Å². The molecule has 1 saturated heterocycles. The number of benzene rings is 1. The first kappa shape index (κ1) is 16.6. The molecule has 1 N–H and O–H groups in total. The Hall–Kier alpha value is -2.22. The maximum Gasteiger partial charge on any atom is 0.272 e. The molecule has 1 aliphatic heterocycles. The van der Waals surface area contributed by atoms with Crippen LogP contribution in [0.15, 0.2) is 30.5 Å². The molecule has 8 heteroatoms. The van der Waals surface area contributed by atoms with E-state index in [0.29, 0.717) is 17.7 Å². The quantitative estimate of drug-likeness (QED) is 0.911. The number of carbonyl (C=O) groups excluding carboxylic acids is 1. The molecule has 0 radical (unpaired) electrons. The standard InChI is InChI=1S/C16H18FN3O3S/c1-11-9-20(13-5-3-12(17)4-6-13)19-14(11)15(21)18-16(2)7-8-24(22,23)10-16/h3-6,9H,7-8,10H2,1-2H3,(H,18,21). The van der Waals surface area contributed by atoms with Gasteiger partial charge in [0.05, 0.1) is 22.7 Å². The van der Waals surface area contributed by atoms with Gasteiger partial charge in [0.25, 0.3) is 5.91 Å². The number of hydrogen-bond acceptors (Lipinski definition) is 4. The van der Waals surface area contributed by atoms with Crippen molar-refractivity contribution in [2.24, 2.45) is 0 Å². The smallest absolute Gasteiger partial charge is 0.272 e. The lowest BCUT2D eigenvalue weighted by Crippen LogP contribution is -2.47. The van der Waals surface area contributed by atoms with Gasteiger partial charge in [-0.2, -0.15) is 5.10 Å². The summed E-state index contributed by atoms with van der Waals surface area (Å²) in [6.45, 7) is 3.47. The molecule has 1 unspecified atom stereocenters. The second-order valence-corrected chi connectivity index (χ2v) is 8.62. The van der Waals surface area contributed by atoms with Gasteiger partial charge in [0.2, 0.25) is 0 Å². The molecular weight excluding hydrogens is 333 g/mol. The number of amides is 1. The predicted octanol–water partition coefficient (Wildman–Crippen LogP) is 1.63. The Labute approximate surface area is 139 Å². The highest BCUT2D eigenvalue weighted by Gasteiger charge is 2.40. The number of nitrogens with one attached hydrogen (secondary N) is 1. The van der Waals surface area contributed by atoms with E-state index in [4.69, 9.17) is 0 Å².